The van der Waals surface area contributed by atoms with Crippen LogP contribution < -0.4 is 19.7 Å². The molecule has 3 aromatic rings. The minimum atomic E-state index is -3.26. The van der Waals surface area contributed by atoms with Gasteiger partial charge in [0.05, 0.1) is 18.2 Å². The zero-order valence-corrected chi connectivity index (χ0v) is 21.3. The lowest BCUT2D eigenvalue weighted by Crippen LogP contribution is -2.39. The highest BCUT2D eigenvalue weighted by Gasteiger charge is 2.24. The van der Waals surface area contributed by atoms with Gasteiger partial charge in [-0.3, -0.25) is 4.79 Å². The third-order valence-corrected chi connectivity index (χ3v) is 7.09. The molecule has 1 aliphatic rings. The van der Waals surface area contributed by atoms with Gasteiger partial charge in [0.15, 0.2) is 21.3 Å². The highest BCUT2D eigenvalue weighted by Crippen LogP contribution is 2.24. The number of pyridine rings is 1. The van der Waals surface area contributed by atoms with E-state index in [1.54, 1.807) is 37.6 Å². The number of benzene rings is 1. The molecule has 1 amide bonds. The number of hydrogen-bond donors (Lipinski definition) is 1. The van der Waals surface area contributed by atoms with Crippen molar-refractivity contribution in [1.82, 2.24) is 20.5 Å². The highest BCUT2D eigenvalue weighted by molar-refractivity contribution is 7.90. The lowest BCUT2D eigenvalue weighted by atomic mass is 10.1. The Morgan fingerprint density at radius 3 is 2.42 bits per heavy atom. The van der Waals surface area contributed by atoms with Crippen molar-refractivity contribution in [3.63, 3.8) is 0 Å². The van der Waals surface area contributed by atoms with E-state index in [9.17, 15) is 13.2 Å². The Balaban J connectivity index is 1.30. The van der Waals surface area contributed by atoms with Crippen LogP contribution in [-0.2, 0) is 16.4 Å². The maximum absolute atomic E-state index is 12.6. The van der Waals surface area contributed by atoms with E-state index >= 15 is 0 Å². The molecule has 1 aliphatic heterocycles. The van der Waals surface area contributed by atoms with Gasteiger partial charge in [-0.1, -0.05) is 12.1 Å². The van der Waals surface area contributed by atoms with E-state index in [4.69, 9.17) is 9.47 Å². The SMILES string of the molecule is COc1ccc(OC2CCN(c3nnc(C(=O)NCc4ccc(S(C)(=O)=O)cc4)cc3C)CC2)cn1. The number of anilines is 1. The van der Waals surface area contributed by atoms with Crippen LogP contribution in [0.5, 0.6) is 11.6 Å². The van der Waals surface area contributed by atoms with Crippen LogP contribution in [0.1, 0.15) is 34.5 Å². The number of nitrogens with zero attached hydrogens (tertiary/aromatic N) is 4. The normalized spacial score (nSPS) is 14.4. The number of methoxy groups -OCH3 is 1. The van der Waals surface area contributed by atoms with Crippen molar-refractivity contribution >= 4 is 21.6 Å². The molecule has 0 aliphatic carbocycles. The van der Waals surface area contributed by atoms with Gasteiger partial charge in [-0.2, -0.15) is 0 Å². The van der Waals surface area contributed by atoms with Crippen molar-refractivity contribution < 1.29 is 22.7 Å². The lowest BCUT2D eigenvalue weighted by Gasteiger charge is -2.33. The topological polar surface area (TPSA) is 124 Å². The molecule has 0 spiro atoms. The van der Waals surface area contributed by atoms with Crippen LogP contribution in [0.4, 0.5) is 5.82 Å². The van der Waals surface area contributed by atoms with Crippen LogP contribution in [0.3, 0.4) is 0 Å². The molecule has 0 atom stereocenters. The van der Waals surface area contributed by atoms with Crippen LogP contribution in [0.15, 0.2) is 53.6 Å². The Kier molecular flexibility index (Phi) is 7.68. The zero-order valence-electron chi connectivity index (χ0n) is 20.5. The molecule has 0 radical (unpaired) electrons. The van der Waals surface area contributed by atoms with E-state index in [2.05, 4.69) is 25.4 Å². The third-order valence-electron chi connectivity index (χ3n) is 5.96. The predicted octanol–water partition coefficient (Wildman–Crippen LogP) is 2.57. The number of sulfone groups is 1. The molecular formula is C25H29N5O5S. The first-order valence-corrected chi connectivity index (χ1v) is 13.5. The second-order valence-corrected chi connectivity index (χ2v) is 10.7. The van der Waals surface area contributed by atoms with Gasteiger partial charge >= 0.3 is 0 Å². The van der Waals surface area contributed by atoms with Crippen LogP contribution in [0.2, 0.25) is 0 Å². The first kappa shape index (κ1) is 25.4. The molecule has 1 fully saturated rings. The summed E-state index contributed by atoms with van der Waals surface area (Å²) >= 11 is 0. The molecule has 2 aromatic heterocycles. The Bertz CT molecular complexity index is 1310. The van der Waals surface area contributed by atoms with Gasteiger partial charge in [0, 0.05) is 44.8 Å². The van der Waals surface area contributed by atoms with Gasteiger partial charge in [-0.25, -0.2) is 13.4 Å². The smallest absolute Gasteiger partial charge is 0.272 e. The highest BCUT2D eigenvalue weighted by atomic mass is 32.2. The van der Waals surface area contributed by atoms with Gasteiger partial charge < -0.3 is 19.7 Å². The minimum absolute atomic E-state index is 0.0845. The average molecular weight is 512 g/mol. The second kappa shape index (κ2) is 10.9. The summed E-state index contributed by atoms with van der Waals surface area (Å²) < 4.78 is 34.3. The predicted molar refractivity (Wildman–Crippen MR) is 134 cm³/mol. The molecule has 0 unspecified atom stereocenters. The van der Waals surface area contributed by atoms with Gasteiger partial charge in [-0.05, 0) is 42.3 Å². The summed E-state index contributed by atoms with van der Waals surface area (Å²) in [6, 6.07) is 11.8. The van der Waals surface area contributed by atoms with Crippen LogP contribution in [-0.4, -0.2) is 62.1 Å². The number of nitrogens with one attached hydrogen (secondary N) is 1. The average Bonchev–Trinajstić information content (AvgIpc) is 2.88. The van der Waals surface area contributed by atoms with E-state index in [1.165, 1.54) is 12.1 Å². The number of carbonyl (C=O) groups is 1. The summed E-state index contributed by atoms with van der Waals surface area (Å²) in [5.74, 6) is 1.68. The van der Waals surface area contributed by atoms with Crippen molar-refractivity contribution in [2.75, 3.05) is 31.4 Å². The standard InChI is InChI=1S/C25H29N5O5S/c1-17-14-22(25(31)27-15-18-4-7-21(8-5-18)36(3,32)33)28-29-24(17)30-12-10-19(11-13-30)35-20-6-9-23(34-2)26-16-20/h4-9,14,16,19H,10-13,15H2,1-3H3,(H,27,31). The van der Waals surface area contributed by atoms with Crippen molar-refractivity contribution in [3.05, 3.63) is 65.5 Å². The number of aryl methyl sites for hydroxylation is 1. The van der Waals surface area contributed by atoms with Crippen molar-refractivity contribution in [3.8, 4) is 11.6 Å². The summed E-state index contributed by atoms with van der Waals surface area (Å²) in [7, 11) is -1.68. The summed E-state index contributed by atoms with van der Waals surface area (Å²) in [5.41, 5.74) is 1.88. The van der Waals surface area contributed by atoms with Crippen molar-refractivity contribution in [1.29, 1.82) is 0 Å². The number of amides is 1. The summed E-state index contributed by atoms with van der Waals surface area (Å²) in [4.78, 5) is 19.2. The molecule has 1 N–H and O–H groups in total. The van der Waals surface area contributed by atoms with E-state index < -0.39 is 9.84 Å². The van der Waals surface area contributed by atoms with E-state index in [-0.39, 0.29) is 29.1 Å². The number of hydrogen-bond acceptors (Lipinski definition) is 9. The summed E-state index contributed by atoms with van der Waals surface area (Å²) in [6.07, 6.45) is 4.56. The second-order valence-electron chi connectivity index (χ2n) is 8.68. The molecule has 0 bridgehead atoms. The van der Waals surface area contributed by atoms with Crippen molar-refractivity contribution in [2.45, 2.75) is 37.3 Å². The first-order chi connectivity index (χ1) is 17.2. The molecule has 1 aromatic carbocycles. The molecule has 3 heterocycles. The molecular weight excluding hydrogens is 482 g/mol. The number of carbonyl (C=O) groups excluding carboxylic acids is 1. The Morgan fingerprint density at radius 2 is 1.83 bits per heavy atom. The fourth-order valence-electron chi connectivity index (χ4n) is 3.96. The number of ether oxygens (including phenoxy) is 2. The van der Waals surface area contributed by atoms with Crippen molar-refractivity contribution in [2.24, 2.45) is 0 Å². The van der Waals surface area contributed by atoms with Gasteiger partial charge in [0.2, 0.25) is 5.88 Å². The molecule has 4 rings (SSSR count). The summed E-state index contributed by atoms with van der Waals surface area (Å²) in [5, 5.41) is 11.3. The Labute approximate surface area is 210 Å². The Hall–Kier alpha value is -3.73. The zero-order chi connectivity index (χ0) is 25.7. The van der Waals surface area contributed by atoms with Gasteiger partial charge in [0.1, 0.15) is 11.9 Å². The van der Waals surface area contributed by atoms with E-state index in [0.29, 0.717) is 11.6 Å². The molecule has 11 heteroatoms. The molecule has 190 valence electrons. The minimum Gasteiger partial charge on any atom is -0.489 e. The number of aromatic nitrogens is 3. The monoisotopic (exact) mass is 511 g/mol. The first-order valence-electron chi connectivity index (χ1n) is 11.6. The Morgan fingerprint density at radius 1 is 1.11 bits per heavy atom. The van der Waals surface area contributed by atoms with Gasteiger partial charge in [0.25, 0.3) is 5.91 Å². The molecule has 10 nitrogen and oxygen atoms in total. The van der Waals surface area contributed by atoms with E-state index in [0.717, 1.165) is 49.1 Å². The molecule has 0 saturated carbocycles. The van der Waals surface area contributed by atoms with Gasteiger partial charge in [-0.15, -0.1) is 10.2 Å². The number of piperidine rings is 1. The number of rotatable bonds is 8. The maximum Gasteiger partial charge on any atom is 0.272 e. The maximum atomic E-state index is 12.6. The third kappa shape index (κ3) is 6.28. The fraction of sp³-hybridized carbons (Fsp3) is 0.360. The lowest BCUT2D eigenvalue weighted by molar-refractivity contribution is 0.0944. The summed E-state index contributed by atoms with van der Waals surface area (Å²) in [6.45, 7) is 3.69. The molecule has 36 heavy (non-hydrogen) atoms. The fourth-order valence-corrected chi connectivity index (χ4v) is 4.60. The quantitative estimate of drug-likeness (QED) is 0.486. The van der Waals surface area contributed by atoms with E-state index in [1.807, 2.05) is 13.0 Å². The largest absolute Gasteiger partial charge is 0.489 e. The molecule has 1 saturated heterocycles. The van der Waals surface area contributed by atoms with Crippen LogP contribution in [0.25, 0.3) is 0 Å². The van der Waals surface area contributed by atoms with Crippen LogP contribution in [0, 0.1) is 6.92 Å². The van der Waals surface area contributed by atoms with Crippen LogP contribution >= 0.6 is 0 Å².